The average molecular weight is 271 g/mol. The quantitative estimate of drug-likeness (QED) is 0.404. The van der Waals surface area contributed by atoms with Crippen LogP contribution in [-0.2, 0) is 0 Å². The van der Waals surface area contributed by atoms with Crippen molar-refractivity contribution in [3.05, 3.63) is 58.3 Å². The number of benzene rings is 2. The fourth-order valence-electron chi connectivity index (χ4n) is 2.15. The number of hydrogen-bond donors (Lipinski definition) is 2. The summed E-state index contributed by atoms with van der Waals surface area (Å²) in [4.78, 5) is 15.8. The number of para-hydroxylation sites is 1. The highest BCUT2D eigenvalue weighted by molar-refractivity contribution is 8.11. The number of thiol groups is 1. The van der Waals surface area contributed by atoms with E-state index in [1.54, 1.807) is 0 Å². The highest BCUT2D eigenvalue weighted by Gasteiger charge is 2.10. The van der Waals surface area contributed by atoms with Crippen molar-refractivity contribution >= 4 is 50.8 Å². The second-order valence-electron chi connectivity index (χ2n) is 4.03. The third-order valence-corrected chi connectivity index (χ3v) is 3.42. The van der Waals surface area contributed by atoms with Crippen LogP contribution in [0.15, 0.2) is 47.3 Å². The maximum absolute atomic E-state index is 12.5. The Balaban J connectivity index is 2.61. The molecule has 18 heavy (non-hydrogen) atoms. The molecule has 0 aliphatic heterocycles. The van der Waals surface area contributed by atoms with Crippen molar-refractivity contribution in [3.63, 3.8) is 0 Å². The molecule has 2 aromatic carbocycles. The van der Waals surface area contributed by atoms with Crippen LogP contribution in [0.25, 0.3) is 21.8 Å². The van der Waals surface area contributed by atoms with Crippen LogP contribution in [0.5, 0.6) is 0 Å². The van der Waals surface area contributed by atoms with E-state index in [1.165, 1.54) is 0 Å². The predicted octanol–water partition coefficient (Wildman–Crippen LogP) is 3.29. The molecular formula is C14H9NOS2. The first kappa shape index (κ1) is 11.4. The van der Waals surface area contributed by atoms with Crippen LogP contribution in [0.1, 0.15) is 5.56 Å². The van der Waals surface area contributed by atoms with Gasteiger partial charge in [-0.2, -0.15) is 0 Å². The van der Waals surface area contributed by atoms with Crippen molar-refractivity contribution in [2.45, 2.75) is 0 Å². The van der Waals surface area contributed by atoms with Crippen molar-refractivity contribution in [2.75, 3.05) is 0 Å². The number of fused-ring (bicyclic) bond motifs is 2. The minimum absolute atomic E-state index is 0.00801. The molecule has 0 fully saturated rings. The van der Waals surface area contributed by atoms with Crippen molar-refractivity contribution < 1.29 is 0 Å². The molecule has 88 valence electrons. The number of rotatable bonds is 1. The second kappa shape index (κ2) is 4.23. The number of thiocarbonyl (C=S) groups is 1. The predicted molar refractivity (Wildman–Crippen MR) is 82.8 cm³/mol. The van der Waals surface area contributed by atoms with Gasteiger partial charge < -0.3 is 4.98 Å². The van der Waals surface area contributed by atoms with E-state index in [9.17, 15) is 4.79 Å². The maximum atomic E-state index is 12.5. The smallest absolute Gasteiger partial charge is 0.197 e. The van der Waals surface area contributed by atoms with Gasteiger partial charge in [-0.15, -0.1) is 12.6 Å². The highest BCUT2D eigenvalue weighted by Crippen LogP contribution is 2.19. The summed E-state index contributed by atoms with van der Waals surface area (Å²) in [7, 11) is 0. The molecule has 0 saturated carbocycles. The van der Waals surface area contributed by atoms with Gasteiger partial charge in [-0.05, 0) is 18.2 Å². The van der Waals surface area contributed by atoms with Crippen LogP contribution in [-0.4, -0.2) is 9.18 Å². The van der Waals surface area contributed by atoms with Crippen molar-refractivity contribution in [2.24, 2.45) is 0 Å². The zero-order valence-electron chi connectivity index (χ0n) is 9.31. The number of H-pyrrole nitrogens is 1. The molecule has 1 N–H and O–H groups in total. The molecule has 2 nitrogen and oxygen atoms in total. The van der Waals surface area contributed by atoms with Gasteiger partial charge in [-0.1, -0.05) is 36.5 Å². The average Bonchev–Trinajstić information content (AvgIpc) is 2.38. The first-order valence-corrected chi connectivity index (χ1v) is 6.31. The van der Waals surface area contributed by atoms with Crippen LogP contribution in [0.2, 0.25) is 0 Å². The topological polar surface area (TPSA) is 32.9 Å². The van der Waals surface area contributed by atoms with Crippen molar-refractivity contribution in [3.8, 4) is 0 Å². The highest BCUT2D eigenvalue weighted by atomic mass is 32.1. The molecule has 0 unspecified atom stereocenters. The Kier molecular flexibility index (Phi) is 2.69. The van der Waals surface area contributed by atoms with Crippen molar-refractivity contribution in [1.82, 2.24) is 4.98 Å². The summed E-state index contributed by atoms with van der Waals surface area (Å²) in [5.41, 5.74) is 2.31. The summed E-state index contributed by atoms with van der Waals surface area (Å²) in [5, 5.41) is 1.28. The van der Waals surface area contributed by atoms with E-state index in [0.717, 1.165) is 11.0 Å². The van der Waals surface area contributed by atoms with Crippen LogP contribution in [0, 0.1) is 0 Å². The first-order valence-electron chi connectivity index (χ1n) is 5.45. The largest absolute Gasteiger partial charge is 0.354 e. The fraction of sp³-hybridized carbons (Fsp3) is 0. The van der Waals surface area contributed by atoms with E-state index in [1.807, 2.05) is 42.5 Å². The summed E-state index contributed by atoms with van der Waals surface area (Å²) in [6, 6.07) is 13.0. The standard InChI is InChI=1S/C14H9NOS2/c16-13-8-4-1-2-6-10(8)15-11-7-3-5-9(12(11)13)14(17)18/h1-7H,(H,15,16)(H,17,18). The van der Waals surface area contributed by atoms with Crippen molar-refractivity contribution in [1.29, 1.82) is 0 Å². The van der Waals surface area contributed by atoms with Gasteiger partial charge >= 0.3 is 0 Å². The molecule has 0 aliphatic rings. The Morgan fingerprint density at radius 3 is 2.56 bits per heavy atom. The minimum atomic E-state index is -0.00801. The van der Waals surface area contributed by atoms with Gasteiger partial charge in [0, 0.05) is 16.5 Å². The summed E-state index contributed by atoms with van der Waals surface area (Å²) in [6.07, 6.45) is 0. The molecule has 0 saturated heterocycles. The maximum Gasteiger partial charge on any atom is 0.197 e. The number of nitrogens with one attached hydrogen (secondary N) is 1. The lowest BCUT2D eigenvalue weighted by molar-refractivity contribution is 1.48. The lowest BCUT2D eigenvalue weighted by Crippen LogP contribution is -2.07. The molecule has 0 aliphatic carbocycles. The van der Waals surface area contributed by atoms with E-state index >= 15 is 0 Å². The Labute approximate surface area is 114 Å². The summed E-state index contributed by atoms with van der Waals surface area (Å²) < 4.78 is 0.432. The molecule has 0 amide bonds. The van der Waals surface area contributed by atoms with E-state index in [2.05, 4.69) is 17.6 Å². The molecule has 1 aromatic heterocycles. The molecule has 4 heteroatoms. The fourth-order valence-corrected chi connectivity index (χ4v) is 2.51. The second-order valence-corrected chi connectivity index (χ2v) is 5.19. The van der Waals surface area contributed by atoms with Crippen LogP contribution in [0.3, 0.4) is 0 Å². The first-order chi connectivity index (χ1) is 8.68. The van der Waals surface area contributed by atoms with Crippen LogP contribution >= 0.6 is 24.8 Å². The van der Waals surface area contributed by atoms with Gasteiger partial charge in [0.1, 0.15) is 0 Å². The van der Waals surface area contributed by atoms with Crippen LogP contribution in [0.4, 0.5) is 0 Å². The monoisotopic (exact) mass is 271 g/mol. The normalized spacial score (nSPS) is 10.9. The van der Waals surface area contributed by atoms with Crippen LogP contribution < -0.4 is 5.43 Å². The van der Waals surface area contributed by atoms with Gasteiger partial charge in [0.05, 0.1) is 15.1 Å². The molecule has 0 bridgehead atoms. The molecule has 1 heterocycles. The van der Waals surface area contributed by atoms with E-state index in [4.69, 9.17) is 12.2 Å². The Hall–Kier alpha value is -1.65. The zero-order valence-corrected chi connectivity index (χ0v) is 11.0. The summed E-state index contributed by atoms with van der Waals surface area (Å²) in [6.45, 7) is 0. The lowest BCUT2D eigenvalue weighted by atomic mass is 10.1. The van der Waals surface area contributed by atoms with E-state index in [0.29, 0.717) is 20.5 Å². The molecular weight excluding hydrogens is 262 g/mol. The summed E-state index contributed by atoms with van der Waals surface area (Å²) >= 11 is 9.27. The third-order valence-electron chi connectivity index (χ3n) is 2.96. The number of hydrogen-bond acceptors (Lipinski definition) is 2. The van der Waals surface area contributed by atoms with Gasteiger partial charge in [0.2, 0.25) is 0 Å². The van der Waals surface area contributed by atoms with Gasteiger partial charge in [0.25, 0.3) is 0 Å². The Morgan fingerprint density at radius 2 is 1.78 bits per heavy atom. The Bertz CT molecular complexity index is 836. The molecule has 3 aromatic rings. The minimum Gasteiger partial charge on any atom is -0.354 e. The van der Waals surface area contributed by atoms with Gasteiger partial charge in [-0.25, -0.2) is 0 Å². The molecule has 3 rings (SSSR count). The zero-order chi connectivity index (χ0) is 12.7. The Morgan fingerprint density at radius 1 is 1.06 bits per heavy atom. The SMILES string of the molecule is O=c1c2ccccc2[nH]c2cccc(C(=S)S)c12. The number of pyridine rings is 1. The molecule has 0 spiro atoms. The van der Waals surface area contributed by atoms with E-state index in [-0.39, 0.29) is 5.43 Å². The molecule has 0 atom stereocenters. The molecule has 0 radical (unpaired) electrons. The number of aromatic amines is 1. The van der Waals surface area contributed by atoms with Gasteiger partial charge in [0.15, 0.2) is 5.43 Å². The lowest BCUT2D eigenvalue weighted by Gasteiger charge is -2.06. The van der Waals surface area contributed by atoms with Gasteiger partial charge in [-0.3, -0.25) is 4.79 Å². The van der Waals surface area contributed by atoms with E-state index < -0.39 is 0 Å². The third kappa shape index (κ3) is 1.65. The number of aromatic nitrogens is 1. The summed E-state index contributed by atoms with van der Waals surface area (Å²) in [5.74, 6) is 0.